The van der Waals surface area contributed by atoms with Crippen LogP contribution < -0.4 is 4.72 Å². The minimum Gasteiger partial charge on any atom is -0.478 e. The number of hydrogen-bond donors (Lipinski definition) is 2. The van der Waals surface area contributed by atoms with Gasteiger partial charge in [-0.1, -0.05) is 22.0 Å². The van der Waals surface area contributed by atoms with Crippen molar-refractivity contribution in [1.82, 2.24) is 0 Å². The van der Waals surface area contributed by atoms with E-state index in [4.69, 9.17) is 5.11 Å². The predicted molar refractivity (Wildman–Crippen MR) is 83.0 cm³/mol. The van der Waals surface area contributed by atoms with E-state index in [-0.39, 0.29) is 10.6 Å². The first kappa shape index (κ1) is 16.4. The van der Waals surface area contributed by atoms with Crippen molar-refractivity contribution in [3.8, 4) is 0 Å². The van der Waals surface area contributed by atoms with Gasteiger partial charge in [-0.15, -0.1) is 0 Å². The van der Waals surface area contributed by atoms with Gasteiger partial charge >= 0.3 is 5.97 Å². The Kier molecular flexibility index (Phi) is 4.52. The number of halogens is 2. The van der Waals surface area contributed by atoms with Gasteiger partial charge in [0.25, 0.3) is 10.0 Å². The fraction of sp³-hybridized carbons (Fsp3) is 0.0714. The summed E-state index contributed by atoms with van der Waals surface area (Å²) in [4.78, 5) is 11.0. The monoisotopic (exact) mass is 387 g/mol. The summed E-state index contributed by atoms with van der Waals surface area (Å²) < 4.78 is 41.0. The van der Waals surface area contributed by atoms with Crippen LogP contribution in [0.15, 0.2) is 45.8 Å². The van der Waals surface area contributed by atoms with E-state index in [9.17, 15) is 17.6 Å². The van der Waals surface area contributed by atoms with E-state index in [2.05, 4.69) is 20.7 Å². The van der Waals surface area contributed by atoms with Crippen LogP contribution in [0.4, 0.5) is 10.1 Å². The van der Waals surface area contributed by atoms with Crippen LogP contribution in [0.25, 0.3) is 0 Å². The number of anilines is 1. The molecule has 2 N–H and O–H groups in total. The van der Waals surface area contributed by atoms with Crippen LogP contribution in [0.5, 0.6) is 0 Å². The molecule has 0 aliphatic heterocycles. The molecule has 8 heteroatoms. The zero-order chi connectivity index (χ0) is 16.5. The first-order valence-electron chi connectivity index (χ1n) is 6.03. The van der Waals surface area contributed by atoms with Crippen molar-refractivity contribution in [1.29, 1.82) is 0 Å². The van der Waals surface area contributed by atoms with Gasteiger partial charge in [0, 0.05) is 4.47 Å². The summed E-state index contributed by atoms with van der Waals surface area (Å²) in [5, 5.41) is 9.01. The topological polar surface area (TPSA) is 83.5 Å². The lowest BCUT2D eigenvalue weighted by atomic mass is 10.2. The Morgan fingerprint density at radius 3 is 2.55 bits per heavy atom. The van der Waals surface area contributed by atoms with Gasteiger partial charge in [0.15, 0.2) is 0 Å². The van der Waals surface area contributed by atoms with Crippen molar-refractivity contribution in [3.05, 3.63) is 57.8 Å². The summed E-state index contributed by atoms with van der Waals surface area (Å²) in [5.74, 6) is -2.57. The quantitative estimate of drug-likeness (QED) is 0.841. The first-order valence-corrected chi connectivity index (χ1v) is 8.31. The van der Waals surface area contributed by atoms with Crippen LogP contribution in [0.3, 0.4) is 0 Å². The lowest BCUT2D eigenvalue weighted by Gasteiger charge is -2.12. The standard InChI is InChI=1S/C14H11BrFNO4S/c1-8-7-9(5-6-10(8)15)22(20,21)17-12-4-2-3-11(16)13(12)14(18)19/h2-7,17H,1H3,(H,18,19). The number of rotatable bonds is 4. The number of aryl methyl sites for hydroxylation is 1. The third-order valence-electron chi connectivity index (χ3n) is 2.91. The molecule has 22 heavy (non-hydrogen) atoms. The highest BCUT2D eigenvalue weighted by molar-refractivity contribution is 9.10. The average Bonchev–Trinajstić information content (AvgIpc) is 2.40. The number of carbonyl (C=O) groups is 1. The minimum absolute atomic E-state index is 0.0474. The van der Waals surface area contributed by atoms with Gasteiger partial charge in [-0.3, -0.25) is 4.72 Å². The molecule has 0 unspecified atom stereocenters. The Hall–Kier alpha value is -1.93. The zero-order valence-electron chi connectivity index (χ0n) is 11.3. The van der Waals surface area contributed by atoms with Gasteiger partial charge in [0.05, 0.1) is 10.6 Å². The molecule has 0 aliphatic carbocycles. The van der Waals surface area contributed by atoms with Crippen LogP contribution in [0.1, 0.15) is 15.9 Å². The molecule has 5 nitrogen and oxygen atoms in total. The van der Waals surface area contributed by atoms with Gasteiger partial charge in [-0.05, 0) is 42.8 Å². The molecule has 0 aromatic heterocycles. The molecule has 0 amide bonds. The normalized spacial score (nSPS) is 11.2. The number of carboxylic acid groups (broad SMARTS) is 1. The Balaban J connectivity index is 2.48. The van der Waals surface area contributed by atoms with Gasteiger partial charge in [0.1, 0.15) is 11.4 Å². The maximum atomic E-state index is 13.6. The number of aromatic carboxylic acids is 1. The van der Waals surface area contributed by atoms with Crippen LogP contribution in [-0.2, 0) is 10.0 Å². The predicted octanol–water partition coefficient (Wildman–Crippen LogP) is 3.40. The van der Waals surface area contributed by atoms with Crippen molar-refractivity contribution in [2.45, 2.75) is 11.8 Å². The highest BCUT2D eigenvalue weighted by Gasteiger charge is 2.21. The van der Waals surface area contributed by atoms with Crippen LogP contribution in [0.2, 0.25) is 0 Å². The molecule has 0 bridgehead atoms. The van der Waals surface area contributed by atoms with Crippen molar-refractivity contribution in [2.24, 2.45) is 0 Å². The van der Waals surface area contributed by atoms with E-state index >= 15 is 0 Å². The van der Waals surface area contributed by atoms with Gasteiger partial charge in [-0.2, -0.15) is 0 Å². The zero-order valence-corrected chi connectivity index (χ0v) is 13.7. The molecule has 0 heterocycles. The van der Waals surface area contributed by atoms with Gasteiger partial charge < -0.3 is 5.11 Å². The molecular formula is C14H11BrFNO4S. The number of nitrogens with one attached hydrogen (secondary N) is 1. The third kappa shape index (κ3) is 3.28. The van der Waals surface area contributed by atoms with Crippen LogP contribution in [-0.4, -0.2) is 19.5 Å². The molecule has 0 aliphatic rings. The van der Waals surface area contributed by atoms with Crippen molar-refractivity contribution >= 4 is 37.6 Å². The molecular weight excluding hydrogens is 377 g/mol. The fourth-order valence-corrected chi connectivity index (χ4v) is 3.22. The maximum absolute atomic E-state index is 13.6. The number of benzene rings is 2. The Bertz CT molecular complexity index is 852. The Morgan fingerprint density at radius 2 is 1.95 bits per heavy atom. The van der Waals surface area contributed by atoms with Gasteiger partial charge in [-0.25, -0.2) is 17.6 Å². The smallest absolute Gasteiger partial charge is 0.340 e. The molecule has 0 radical (unpaired) electrons. The second-order valence-electron chi connectivity index (χ2n) is 4.48. The molecule has 0 saturated carbocycles. The Morgan fingerprint density at radius 1 is 1.27 bits per heavy atom. The summed E-state index contributed by atoms with van der Waals surface area (Å²) in [5.41, 5.74) is -0.353. The number of carboxylic acids is 1. The summed E-state index contributed by atoms with van der Waals surface area (Å²) in [6.07, 6.45) is 0. The number of hydrogen-bond acceptors (Lipinski definition) is 3. The van der Waals surface area contributed by atoms with E-state index < -0.39 is 27.4 Å². The van der Waals surface area contributed by atoms with E-state index in [1.54, 1.807) is 13.0 Å². The molecule has 116 valence electrons. The van der Waals surface area contributed by atoms with E-state index in [1.807, 2.05) is 0 Å². The Labute approximate surface area is 135 Å². The second-order valence-corrected chi connectivity index (χ2v) is 7.02. The fourth-order valence-electron chi connectivity index (χ4n) is 1.81. The summed E-state index contributed by atoms with van der Waals surface area (Å²) in [6.45, 7) is 1.72. The summed E-state index contributed by atoms with van der Waals surface area (Å²) >= 11 is 3.26. The number of sulfonamides is 1. The second kappa shape index (κ2) is 6.05. The SMILES string of the molecule is Cc1cc(S(=O)(=O)Nc2cccc(F)c2C(=O)O)ccc1Br. The van der Waals surface area contributed by atoms with Crippen molar-refractivity contribution in [3.63, 3.8) is 0 Å². The van der Waals surface area contributed by atoms with E-state index in [1.165, 1.54) is 24.3 Å². The molecule has 0 fully saturated rings. The lowest BCUT2D eigenvalue weighted by molar-refractivity contribution is 0.0693. The van der Waals surface area contributed by atoms with Crippen LogP contribution >= 0.6 is 15.9 Å². The molecule has 0 spiro atoms. The van der Waals surface area contributed by atoms with Gasteiger partial charge in [0.2, 0.25) is 0 Å². The molecule has 0 saturated heterocycles. The van der Waals surface area contributed by atoms with E-state index in [0.717, 1.165) is 10.5 Å². The molecule has 2 rings (SSSR count). The lowest BCUT2D eigenvalue weighted by Crippen LogP contribution is -2.16. The van der Waals surface area contributed by atoms with Crippen molar-refractivity contribution < 1.29 is 22.7 Å². The van der Waals surface area contributed by atoms with E-state index in [0.29, 0.717) is 5.56 Å². The highest BCUT2D eigenvalue weighted by atomic mass is 79.9. The van der Waals surface area contributed by atoms with Crippen LogP contribution in [0, 0.1) is 12.7 Å². The molecule has 2 aromatic carbocycles. The minimum atomic E-state index is -4.03. The molecule has 0 atom stereocenters. The average molecular weight is 388 g/mol. The maximum Gasteiger partial charge on any atom is 0.340 e. The highest BCUT2D eigenvalue weighted by Crippen LogP contribution is 2.25. The largest absolute Gasteiger partial charge is 0.478 e. The van der Waals surface area contributed by atoms with Crippen molar-refractivity contribution in [2.75, 3.05) is 4.72 Å². The summed E-state index contributed by atoms with van der Waals surface area (Å²) in [7, 11) is -4.03. The molecule has 2 aromatic rings. The summed E-state index contributed by atoms with van der Waals surface area (Å²) in [6, 6.07) is 7.71. The third-order valence-corrected chi connectivity index (χ3v) is 5.16. The first-order chi connectivity index (χ1) is 10.2.